The molecule has 0 radical (unpaired) electrons. The third kappa shape index (κ3) is 6.40. The Morgan fingerprint density at radius 1 is 0.481 bits per heavy atom. The van der Waals surface area contributed by atoms with Gasteiger partial charge in [-0.2, -0.15) is 0 Å². The highest BCUT2D eigenvalue weighted by Crippen LogP contribution is 2.19. The summed E-state index contributed by atoms with van der Waals surface area (Å²) in [6.45, 7) is 2.28. The normalized spacial score (nSPS) is 10.9. The minimum Gasteiger partial charge on any atom is -0.0654 e. The monoisotopic (exact) mass is 356 g/mol. The first kappa shape index (κ1) is 19.4. The molecular formula is C27H32. The van der Waals surface area contributed by atoms with Crippen LogP contribution in [0.2, 0.25) is 0 Å². The summed E-state index contributed by atoms with van der Waals surface area (Å²) in [5.41, 5.74) is 7.18. The van der Waals surface area contributed by atoms with Gasteiger partial charge in [-0.1, -0.05) is 111 Å². The topological polar surface area (TPSA) is 0 Å². The lowest BCUT2D eigenvalue weighted by molar-refractivity contribution is 0.631. The van der Waals surface area contributed by atoms with Crippen LogP contribution in [0.3, 0.4) is 0 Å². The van der Waals surface area contributed by atoms with Crippen molar-refractivity contribution in [3.63, 3.8) is 0 Å². The fourth-order valence-electron chi connectivity index (χ4n) is 3.72. The van der Waals surface area contributed by atoms with Crippen molar-refractivity contribution in [2.75, 3.05) is 0 Å². The van der Waals surface area contributed by atoms with Crippen molar-refractivity contribution in [3.05, 3.63) is 107 Å². The molecule has 0 aliphatic heterocycles. The van der Waals surface area contributed by atoms with E-state index in [0.29, 0.717) is 0 Å². The van der Waals surface area contributed by atoms with Crippen molar-refractivity contribution >= 4 is 0 Å². The van der Waals surface area contributed by atoms with Gasteiger partial charge in [-0.3, -0.25) is 0 Å². The van der Waals surface area contributed by atoms with Crippen molar-refractivity contribution in [1.29, 1.82) is 0 Å². The summed E-state index contributed by atoms with van der Waals surface area (Å²) < 4.78 is 0. The molecule has 0 unspecified atom stereocenters. The van der Waals surface area contributed by atoms with Gasteiger partial charge < -0.3 is 0 Å². The molecule has 0 amide bonds. The van der Waals surface area contributed by atoms with Gasteiger partial charge in [-0.15, -0.1) is 0 Å². The van der Waals surface area contributed by atoms with Gasteiger partial charge >= 0.3 is 0 Å². The molecule has 0 heteroatoms. The standard InChI is InChI=1S/C27H32/c1-2-3-4-5-9-14-26-15-10-11-16-27(26)22-25-19-17-24(18-20-25)21-23-12-7-6-8-13-23/h6-8,10-13,15-20H,2-5,9,14,21-22H2,1H3. The van der Waals surface area contributed by atoms with Crippen molar-refractivity contribution in [3.8, 4) is 0 Å². The maximum atomic E-state index is 2.32. The SMILES string of the molecule is CCCCCCCc1ccccc1Cc1ccc(Cc2ccccc2)cc1. The largest absolute Gasteiger partial charge is 0.0654 e. The van der Waals surface area contributed by atoms with E-state index in [9.17, 15) is 0 Å². The Bertz CT molecular complexity index is 784. The smallest absolute Gasteiger partial charge is 0.00230 e. The van der Waals surface area contributed by atoms with Gasteiger partial charge in [0, 0.05) is 0 Å². The number of aryl methyl sites for hydroxylation is 1. The molecule has 0 saturated heterocycles. The van der Waals surface area contributed by atoms with E-state index in [-0.39, 0.29) is 0 Å². The molecular weight excluding hydrogens is 324 g/mol. The molecule has 0 aliphatic carbocycles. The number of rotatable bonds is 10. The van der Waals surface area contributed by atoms with Crippen molar-refractivity contribution in [2.45, 2.75) is 58.3 Å². The van der Waals surface area contributed by atoms with Crippen LogP contribution in [0.1, 0.15) is 66.8 Å². The summed E-state index contributed by atoms with van der Waals surface area (Å²) in [6, 6.07) is 28.9. The Balaban J connectivity index is 1.58. The second-order valence-corrected chi connectivity index (χ2v) is 7.59. The first-order chi connectivity index (χ1) is 13.3. The van der Waals surface area contributed by atoms with E-state index in [1.807, 2.05) is 0 Å². The van der Waals surface area contributed by atoms with E-state index in [0.717, 1.165) is 12.8 Å². The fourth-order valence-corrected chi connectivity index (χ4v) is 3.72. The molecule has 0 spiro atoms. The fraction of sp³-hybridized carbons (Fsp3) is 0.333. The highest BCUT2D eigenvalue weighted by atomic mass is 14.1. The van der Waals surface area contributed by atoms with Crippen molar-refractivity contribution < 1.29 is 0 Å². The molecule has 0 aliphatic rings. The highest BCUT2D eigenvalue weighted by molar-refractivity contribution is 5.35. The van der Waals surface area contributed by atoms with Crippen molar-refractivity contribution in [1.82, 2.24) is 0 Å². The van der Waals surface area contributed by atoms with E-state index in [1.54, 1.807) is 0 Å². The van der Waals surface area contributed by atoms with E-state index >= 15 is 0 Å². The third-order valence-electron chi connectivity index (χ3n) is 5.34. The number of hydrogen-bond donors (Lipinski definition) is 0. The molecule has 0 atom stereocenters. The molecule has 0 fully saturated rings. The molecule has 0 bridgehead atoms. The Kier molecular flexibility index (Phi) is 7.71. The summed E-state index contributed by atoms with van der Waals surface area (Å²) in [4.78, 5) is 0. The zero-order valence-corrected chi connectivity index (χ0v) is 16.7. The van der Waals surface area contributed by atoms with Gasteiger partial charge in [-0.25, -0.2) is 0 Å². The first-order valence-electron chi connectivity index (χ1n) is 10.5. The first-order valence-corrected chi connectivity index (χ1v) is 10.5. The number of benzene rings is 3. The molecule has 0 saturated carbocycles. The minimum absolute atomic E-state index is 1.01. The molecule has 0 nitrogen and oxygen atoms in total. The molecule has 3 aromatic carbocycles. The molecule has 0 N–H and O–H groups in total. The Labute approximate surface area is 165 Å². The summed E-state index contributed by atoms with van der Waals surface area (Å²) >= 11 is 0. The van der Waals surface area contributed by atoms with Gasteiger partial charge in [0.1, 0.15) is 0 Å². The number of hydrogen-bond acceptors (Lipinski definition) is 0. The summed E-state index contributed by atoms with van der Waals surface area (Å²) in [6.07, 6.45) is 10.00. The summed E-state index contributed by atoms with van der Waals surface area (Å²) in [5, 5.41) is 0. The molecule has 140 valence electrons. The Morgan fingerprint density at radius 3 is 1.74 bits per heavy atom. The average Bonchev–Trinajstić information content (AvgIpc) is 2.71. The summed E-state index contributed by atoms with van der Waals surface area (Å²) in [7, 11) is 0. The van der Waals surface area contributed by atoms with Gasteiger partial charge in [0.15, 0.2) is 0 Å². The van der Waals surface area contributed by atoms with E-state index in [2.05, 4.69) is 85.8 Å². The van der Waals surface area contributed by atoms with Crippen LogP contribution in [0.5, 0.6) is 0 Å². The predicted octanol–water partition coefficient (Wildman–Crippen LogP) is 7.38. The zero-order chi connectivity index (χ0) is 18.7. The van der Waals surface area contributed by atoms with Crippen LogP contribution < -0.4 is 0 Å². The van der Waals surface area contributed by atoms with Crippen molar-refractivity contribution in [2.24, 2.45) is 0 Å². The second-order valence-electron chi connectivity index (χ2n) is 7.59. The van der Waals surface area contributed by atoms with Crippen LogP contribution in [0.25, 0.3) is 0 Å². The van der Waals surface area contributed by atoms with Gasteiger partial charge in [-0.05, 0) is 53.5 Å². The Hall–Kier alpha value is -2.34. The van der Waals surface area contributed by atoms with Crippen LogP contribution in [-0.2, 0) is 19.3 Å². The lowest BCUT2D eigenvalue weighted by atomic mass is 9.95. The van der Waals surface area contributed by atoms with Crippen LogP contribution in [-0.4, -0.2) is 0 Å². The molecule has 3 aromatic rings. The van der Waals surface area contributed by atoms with E-state index in [4.69, 9.17) is 0 Å². The van der Waals surface area contributed by atoms with Gasteiger partial charge in [0.25, 0.3) is 0 Å². The highest BCUT2D eigenvalue weighted by Gasteiger charge is 2.04. The van der Waals surface area contributed by atoms with Gasteiger partial charge in [0.05, 0.1) is 0 Å². The van der Waals surface area contributed by atoms with E-state index < -0.39 is 0 Å². The molecule has 3 rings (SSSR count). The quantitative estimate of drug-likeness (QED) is 0.332. The maximum Gasteiger partial charge on any atom is -0.00230 e. The minimum atomic E-state index is 1.01. The van der Waals surface area contributed by atoms with Gasteiger partial charge in [0.2, 0.25) is 0 Å². The van der Waals surface area contributed by atoms with Crippen LogP contribution >= 0.6 is 0 Å². The van der Waals surface area contributed by atoms with Crippen LogP contribution in [0, 0.1) is 0 Å². The maximum absolute atomic E-state index is 2.32. The zero-order valence-electron chi connectivity index (χ0n) is 16.7. The van der Waals surface area contributed by atoms with Crippen LogP contribution in [0.15, 0.2) is 78.9 Å². The second kappa shape index (κ2) is 10.7. The van der Waals surface area contributed by atoms with E-state index in [1.165, 1.54) is 66.3 Å². The predicted molar refractivity (Wildman–Crippen MR) is 117 cm³/mol. The molecule has 0 aromatic heterocycles. The van der Waals surface area contributed by atoms with Crippen LogP contribution in [0.4, 0.5) is 0 Å². The summed E-state index contributed by atoms with van der Waals surface area (Å²) in [5.74, 6) is 0. The third-order valence-corrected chi connectivity index (χ3v) is 5.34. The average molecular weight is 357 g/mol. The molecule has 27 heavy (non-hydrogen) atoms. The lowest BCUT2D eigenvalue weighted by Gasteiger charge is -2.10. The lowest BCUT2D eigenvalue weighted by Crippen LogP contribution is -1.97. The number of unbranched alkanes of at least 4 members (excludes halogenated alkanes) is 4. The Morgan fingerprint density at radius 2 is 1.04 bits per heavy atom. The molecule has 0 heterocycles.